The second-order valence-electron chi connectivity index (χ2n) is 3.15. The molecule has 0 aromatic heterocycles. The monoisotopic (exact) mass is 263 g/mol. The maximum Gasteiger partial charge on any atom is 0.248 e. The molecule has 0 fully saturated rings. The van der Waals surface area contributed by atoms with E-state index in [1.165, 1.54) is 12.1 Å². The number of carbonyl (C=O) groups is 1. The number of anilines is 2. The number of nitrogen functional groups attached to an aromatic ring is 1. The summed E-state index contributed by atoms with van der Waals surface area (Å²) in [7, 11) is 0. The Balaban J connectivity index is 2.74. The molecule has 0 aliphatic rings. The minimum atomic E-state index is -1.28. The van der Waals surface area contributed by atoms with E-state index in [1.54, 1.807) is 0 Å². The van der Waals surface area contributed by atoms with Gasteiger partial charge in [-0.3, -0.25) is 4.79 Å². The number of aliphatic hydroxyl groups excluding tert-OH is 1. The molecule has 1 atom stereocenters. The van der Waals surface area contributed by atoms with Crippen LogP contribution in [0.4, 0.5) is 11.4 Å². The number of nitrogens with one attached hydrogen (secondary N) is 1. The summed E-state index contributed by atoms with van der Waals surface area (Å²) in [6.45, 7) is -0.0442. The van der Waals surface area contributed by atoms with Crippen LogP contribution in [0.5, 0.6) is 0 Å². The zero-order valence-electron chi connectivity index (χ0n) is 8.21. The van der Waals surface area contributed by atoms with Gasteiger partial charge in [-0.1, -0.05) is 23.2 Å². The quantitative estimate of drug-likeness (QED) is 0.605. The van der Waals surface area contributed by atoms with Crippen LogP contribution in [0.15, 0.2) is 12.1 Å². The number of hydrogen-bond acceptors (Lipinski definition) is 4. The lowest BCUT2D eigenvalue weighted by Gasteiger charge is -2.12. The highest BCUT2D eigenvalue weighted by Crippen LogP contribution is 2.30. The van der Waals surface area contributed by atoms with Crippen LogP contribution in [-0.2, 0) is 4.79 Å². The molecule has 0 aliphatic heterocycles. The molecule has 1 aromatic carbocycles. The van der Waals surface area contributed by atoms with E-state index in [4.69, 9.17) is 39.8 Å². The van der Waals surface area contributed by atoms with E-state index >= 15 is 0 Å². The van der Waals surface area contributed by atoms with Crippen molar-refractivity contribution in [2.75, 3.05) is 17.6 Å². The Morgan fingerprint density at radius 2 is 2.00 bits per heavy atom. The van der Waals surface area contributed by atoms with E-state index in [1.807, 2.05) is 0 Å². The van der Waals surface area contributed by atoms with Crippen LogP contribution in [0.3, 0.4) is 0 Å². The smallest absolute Gasteiger partial charge is 0.248 e. The molecule has 6 N–H and O–H groups in total. The van der Waals surface area contributed by atoms with E-state index in [-0.39, 0.29) is 6.54 Å². The highest BCUT2D eigenvalue weighted by atomic mass is 35.5. The number of nitrogens with two attached hydrogens (primary N) is 2. The minimum Gasteiger partial charge on any atom is -0.397 e. The third-order valence-corrected chi connectivity index (χ3v) is 2.63. The van der Waals surface area contributed by atoms with Gasteiger partial charge in [0.25, 0.3) is 0 Å². The highest BCUT2D eigenvalue weighted by Gasteiger charge is 2.11. The van der Waals surface area contributed by atoms with Crippen LogP contribution in [0.1, 0.15) is 0 Å². The zero-order valence-corrected chi connectivity index (χ0v) is 9.72. The molecular formula is C9H11Cl2N3O2. The molecule has 5 nitrogen and oxygen atoms in total. The third-order valence-electron chi connectivity index (χ3n) is 1.91. The van der Waals surface area contributed by atoms with Crippen molar-refractivity contribution in [1.82, 2.24) is 0 Å². The number of halogens is 2. The van der Waals surface area contributed by atoms with Gasteiger partial charge in [0.15, 0.2) is 0 Å². The molecule has 0 heterocycles. The molecule has 16 heavy (non-hydrogen) atoms. The number of primary amides is 1. The molecule has 0 aliphatic carbocycles. The van der Waals surface area contributed by atoms with E-state index in [0.717, 1.165) is 0 Å². The lowest BCUT2D eigenvalue weighted by molar-refractivity contribution is -0.125. The van der Waals surface area contributed by atoms with Gasteiger partial charge in [0.05, 0.1) is 21.4 Å². The Hall–Kier alpha value is -1.17. The predicted molar refractivity (Wildman–Crippen MR) is 64.6 cm³/mol. The Morgan fingerprint density at radius 1 is 1.44 bits per heavy atom. The number of hydrogen-bond donors (Lipinski definition) is 4. The molecule has 1 amide bonds. The maximum absolute atomic E-state index is 10.6. The predicted octanol–water partition coefficient (Wildman–Crippen LogP) is 0.834. The standard InChI is InChI=1S/C9H11Cl2N3O2/c10-4-1-6(12)7(2-5(4)11)14-3-8(15)9(13)16/h1-2,8,14-15H,3,12H2,(H2,13,16). The summed E-state index contributed by atoms with van der Waals surface area (Å²) in [5.41, 5.74) is 11.4. The number of rotatable bonds is 4. The highest BCUT2D eigenvalue weighted by molar-refractivity contribution is 6.42. The van der Waals surface area contributed by atoms with Crippen molar-refractivity contribution < 1.29 is 9.90 Å². The van der Waals surface area contributed by atoms with Gasteiger partial charge in [-0.25, -0.2) is 0 Å². The largest absolute Gasteiger partial charge is 0.397 e. The Labute approximate surface area is 102 Å². The van der Waals surface area contributed by atoms with Crippen molar-refractivity contribution in [3.8, 4) is 0 Å². The third kappa shape index (κ3) is 3.16. The minimum absolute atomic E-state index is 0.0442. The topological polar surface area (TPSA) is 101 Å². The van der Waals surface area contributed by atoms with Crippen LogP contribution >= 0.6 is 23.2 Å². The van der Waals surface area contributed by atoms with E-state index < -0.39 is 12.0 Å². The average molecular weight is 264 g/mol. The van der Waals surface area contributed by atoms with Crippen molar-refractivity contribution in [3.63, 3.8) is 0 Å². The zero-order chi connectivity index (χ0) is 12.3. The van der Waals surface area contributed by atoms with Crippen LogP contribution in [0.25, 0.3) is 0 Å². The molecule has 1 aromatic rings. The lowest BCUT2D eigenvalue weighted by atomic mass is 10.2. The summed E-state index contributed by atoms with van der Waals surface area (Å²) < 4.78 is 0. The van der Waals surface area contributed by atoms with Crippen molar-refractivity contribution in [1.29, 1.82) is 0 Å². The molecule has 1 rings (SSSR count). The van der Waals surface area contributed by atoms with Crippen molar-refractivity contribution in [3.05, 3.63) is 22.2 Å². The van der Waals surface area contributed by atoms with E-state index in [9.17, 15) is 4.79 Å². The van der Waals surface area contributed by atoms with Gasteiger partial charge in [-0.15, -0.1) is 0 Å². The fourth-order valence-electron chi connectivity index (χ4n) is 1.02. The summed E-state index contributed by atoms with van der Waals surface area (Å²) in [6.07, 6.45) is -1.28. The van der Waals surface area contributed by atoms with Gasteiger partial charge in [0, 0.05) is 6.54 Å². The van der Waals surface area contributed by atoms with E-state index in [2.05, 4.69) is 5.32 Å². The van der Waals surface area contributed by atoms with Gasteiger partial charge in [0.1, 0.15) is 6.10 Å². The summed E-state index contributed by atoms with van der Waals surface area (Å²) in [4.78, 5) is 10.6. The second kappa shape index (κ2) is 5.25. The molecule has 0 bridgehead atoms. The van der Waals surface area contributed by atoms with E-state index in [0.29, 0.717) is 21.4 Å². The summed E-state index contributed by atoms with van der Waals surface area (Å²) >= 11 is 11.5. The molecular weight excluding hydrogens is 253 g/mol. The fourth-order valence-corrected chi connectivity index (χ4v) is 1.36. The average Bonchev–Trinajstić information content (AvgIpc) is 2.20. The molecule has 0 radical (unpaired) electrons. The first-order chi connectivity index (χ1) is 7.41. The summed E-state index contributed by atoms with van der Waals surface area (Å²) in [5, 5.41) is 12.6. The molecule has 0 spiro atoms. The maximum atomic E-state index is 10.6. The molecule has 0 saturated carbocycles. The van der Waals surface area contributed by atoms with Crippen molar-refractivity contribution >= 4 is 40.5 Å². The lowest BCUT2D eigenvalue weighted by Crippen LogP contribution is -2.34. The number of benzene rings is 1. The van der Waals surface area contributed by atoms with Crippen LogP contribution < -0.4 is 16.8 Å². The molecule has 1 unspecified atom stereocenters. The van der Waals surface area contributed by atoms with Crippen molar-refractivity contribution in [2.45, 2.75) is 6.10 Å². The number of aliphatic hydroxyl groups is 1. The van der Waals surface area contributed by atoms with Crippen molar-refractivity contribution in [2.24, 2.45) is 5.73 Å². The first kappa shape index (κ1) is 12.9. The van der Waals surface area contributed by atoms with Gasteiger partial charge in [-0.2, -0.15) is 0 Å². The molecule has 88 valence electrons. The molecule has 0 saturated heterocycles. The fraction of sp³-hybridized carbons (Fsp3) is 0.222. The van der Waals surface area contributed by atoms with Gasteiger partial charge in [-0.05, 0) is 12.1 Å². The second-order valence-corrected chi connectivity index (χ2v) is 3.97. The Bertz CT molecular complexity index is 412. The van der Waals surface area contributed by atoms with Gasteiger partial charge < -0.3 is 21.9 Å². The first-order valence-corrected chi connectivity index (χ1v) is 5.13. The Morgan fingerprint density at radius 3 is 2.56 bits per heavy atom. The summed E-state index contributed by atoms with van der Waals surface area (Å²) in [5.74, 6) is -0.814. The Kier molecular flexibility index (Phi) is 4.23. The van der Waals surface area contributed by atoms with Crippen LogP contribution in [0, 0.1) is 0 Å². The van der Waals surface area contributed by atoms with Gasteiger partial charge in [0.2, 0.25) is 5.91 Å². The van der Waals surface area contributed by atoms with Crippen LogP contribution in [-0.4, -0.2) is 23.7 Å². The van der Waals surface area contributed by atoms with Gasteiger partial charge >= 0.3 is 0 Å². The number of amides is 1. The molecule has 7 heteroatoms. The first-order valence-electron chi connectivity index (χ1n) is 4.37. The SMILES string of the molecule is NC(=O)C(O)CNc1cc(Cl)c(Cl)cc1N. The van der Waals surface area contributed by atoms with Crippen LogP contribution in [0.2, 0.25) is 10.0 Å². The normalized spacial score (nSPS) is 12.2. The summed E-state index contributed by atoms with van der Waals surface area (Å²) in [6, 6.07) is 2.98. The number of carbonyl (C=O) groups excluding carboxylic acids is 1.